The lowest BCUT2D eigenvalue weighted by Gasteiger charge is -2.17. The van der Waals surface area contributed by atoms with Crippen molar-refractivity contribution in [2.24, 2.45) is 5.92 Å². The number of carboxylic acid groups (broad SMARTS) is 1. The number of urea groups is 1. The van der Waals surface area contributed by atoms with Crippen molar-refractivity contribution in [1.29, 1.82) is 0 Å². The van der Waals surface area contributed by atoms with Gasteiger partial charge < -0.3 is 15.7 Å². The summed E-state index contributed by atoms with van der Waals surface area (Å²) in [7, 11) is 0. The van der Waals surface area contributed by atoms with E-state index in [1.807, 2.05) is 24.3 Å². The monoisotopic (exact) mass is 276 g/mol. The summed E-state index contributed by atoms with van der Waals surface area (Å²) in [6, 6.07) is 7.02. The Morgan fingerprint density at radius 3 is 2.75 bits per heavy atom. The largest absolute Gasteiger partial charge is 0.481 e. The van der Waals surface area contributed by atoms with E-state index in [0.29, 0.717) is 5.92 Å². The van der Waals surface area contributed by atoms with Crippen molar-refractivity contribution in [2.45, 2.75) is 38.6 Å². The summed E-state index contributed by atoms with van der Waals surface area (Å²) >= 11 is 0. The van der Waals surface area contributed by atoms with E-state index < -0.39 is 5.97 Å². The van der Waals surface area contributed by atoms with Crippen LogP contribution in [0.4, 0.5) is 10.5 Å². The summed E-state index contributed by atoms with van der Waals surface area (Å²) < 4.78 is 0. The summed E-state index contributed by atoms with van der Waals surface area (Å²) in [5.41, 5.74) is 1.87. The molecule has 5 heteroatoms. The molecule has 0 saturated heterocycles. The normalized spacial score (nSPS) is 15.4. The van der Waals surface area contributed by atoms with Gasteiger partial charge in [0.05, 0.1) is 6.42 Å². The second kappa shape index (κ2) is 6.41. The van der Waals surface area contributed by atoms with E-state index in [-0.39, 0.29) is 18.5 Å². The number of benzene rings is 1. The second-order valence-corrected chi connectivity index (χ2v) is 5.19. The van der Waals surface area contributed by atoms with Crippen molar-refractivity contribution in [3.8, 4) is 0 Å². The molecule has 1 fully saturated rings. The molecule has 1 unspecified atom stereocenters. The van der Waals surface area contributed by atoms with E-state index in [4.69, 9.17) is 5.11 Å². The minimum absolute atomic E-state index is 0.0207. The molecule has 0 bridgehead atoms. The third-order valence-electron chi connectivity index (χ3n) is 3.50. The summed E-state index contributed by atoms with van der Waals surface area (Å²) in [5.74, 6) is -0.575. The molecule has 2 amide bonds. The first-order valence-electron chi connectivity index (χ1n) is 6.96. The van der Waals surface area contributed by atoms with Crippen LogP contribution in [0.1, 0.15) is 31.7 Å². The lowest BCUT2D eigenvalue weighted by molar-refractivity contribution is -0.137. The maximum atomic E-state index is 11.9. The predicted octanol–water partition coefficient (Wildman–Crippen LogP) is 2.62. The molecule has 5 nitrogen and oxygen atoms in total. The van der Waals surface area contributed by atoms with Gasteiger partial charge in [0.15, 0.2) is 0 Å². The number of carbonyl (C=O) groups is 2. The highest BCUT2D eigenvalue weighted by molar-refractivity contribution is 5.89. The number of hydrogen-bond donors (Lipinski definition) is 3. The average Bonchev–Trinajstić information content (AvgIpc) is 3.21. The van der Waals surface area contributed by atoms with Gasteiger partial charge in [0.2, 0.25) is 0 Å². The molecule has 1 aliphatic rings. The average molecular weight is 276 g/mol. The first kappa shape index (κ1) is 14.4. The fourth-order valence-electron chi connectivity index (χ4n) is 2.23. The van der Waals surface area contributed by atoms with E-state index in [1.165, 1.54) is 0 Å². The molecule has 1 aromatic rings. The summed E-state index contributed by atoms with van der Waals surface area (Å²) in [4.78, 5) is 22.7. The van der Waals surface area contributed by atoms with Crippen molar-refractivity contribution >= 4 is 17.7 Å². The summed E-state index contributed by atoms with van der Waals surface area (Å²) in [6.07, 6.45) is 2.86. The maximum absolute atomic E-state index is 11.9. The van der Waals surface area contributed by atoms with Crippen LogP contribution >= 0.6 is 0 Å². The standard InChI is InChI=1S/C15H20N2O3/c1-2-10-4-3-5-12(8-10)16-15(20)17-13(9-14(18)19)11-6-7-11/h3-5,8,11,13H,2,6-7,9H2,1H3,(H,18,19)(H2,16,17,20). The van der Waals surface area contributed by atoms with Crippen LogP contribution in [0.3, 0.4) is 0 Å². The molecule has 20 heavy (non-hydrogen) atoms. The lowest BCUT2D eigenvalue weighted by Crippen LogP contribution is -2.40. The highest BCUT2D eigenvalue weighted by Crippen LogP contribution is 2.34. The minimum atomic E-state index is -0.879. The number of hydrogen-bond acceptors (Lipinski definition) is 2. The first-order chi connectivity index (χ1) is 9.58. The Kier molecular flexibility index (Phi) is 4.61. The smallest absolute Gasteiger partial charge is 0.319 e. The molecule has 1 aromatic carbocycles. The molecule has 0 aromatic heterocycles. The maximum Gasteiger partial charge on any atom is 0.319 e. The minimum Gasteiger partial charge on any atom is -0.481 e. The summed E-state index contributed by atoms with van der Waals surface area (Å²) in [6.45, 7) is 2.05. The Morgan fingerprint density at radius 2 is 2.15 bits per heavy atom. The topological polar surface area (TPSA) is 78.4 Å². The molecule has 2 rings (SSSR count). The number of aliphatic carboxylic acids is 1. The quantitative estimate of drug-likeness (QED) is 0.747. The van der Waals surface area contributed by atoms with Crippen LogP contribution in [0.5, 0.6) is 0 Å². The van der Waals surface area contributed by atoms with Crippen molar-refractivity contribution < 1.29 is 14.7 Å². The van der Waals surface area contributed by atoms with Gasteiger partial charge >= 0.3 is 12.0 Å². The molecule has 0 aliphatic heterocycles. The van der Waals surface area contributed by atoms with E-state index in [0.717, 1.165) is 30.5 Å². The number of rotatable bonds is 6. The van der Waals surface area contributed by atoms with Gasteiger partial charge in [-0.1, -0.05) is 19.1 Å². The van der Waals surface area contributed by atoms with Gasteiger partial charge in [0.1, 0.15) is 0 Å². The Hall–Kier alpha value is -2.04. The van der Waals surface area contributed by atoms with Crippen molar-refractivity contribution in [3.05, 3.63) is 29.8 Å². The van der Waals surface area contributed by atoms with E-state index >= 15 is 0 Å². The highest BCUT2D eigenvalue weighted by Gasteiger charge is 2.33. The van der Waals surface area contributed by atoms with Crippen LogP contribution in [0.15, 0.2) is 24.3 Å². The molecule has 1 atom stereocenters. The zero-order chi connectivity index (χ0) is 14.5. The molecule has 0 radical (unpaired) electrons. The van der Waals surface area contributed by atoms with Gasteiger partial charge in [-0.2, -0.15) is 0 Å². The number of anilines is 1. The molecule has 1 saturated carbocycles. The molecule has 108 valence electrons. The van der Waals surface area contributed by atoms with Crippen molar-refractivity contribution in [3.63, 3.8) is 0 Å². The van der Waals surface area contributed by atoms with E-state index in [9.17, 15) is 9.59 Å². The fraction of sp³-hybridized carbons (Fsp3) is 0.467. The zero-order valence-corrected chi connectivity index (χ0v) is 11.6. The van der Waals surface area contributed by atoms with Crippen LogP contribution in [0.2, 0.25) is 0 Å². The Balaban J connectivity index is 1.91. The van der Waals surface area contributed by atoms with Crippen LogP contribution in [-0.2, 0) is 11.2 Å². The molecule has 0 spiro atoms. The molecule has 0 heterocycles. The number of aryl methyl sites for hydroxylation is 1. The molecular weight excluding hydrogens is 256 g/mol. The van der Waals surface area contributed by atoms with Crippen LogP contribution in [-0.4, -0.2) is 23.1 Å². The van der Waals surface area contributed by atoms with Gasteiger partial charge in [-0.05, 0) is 42.9 Å². The number of amides is 2. The Bertz CT molecular complexity index is 498. The Labute approximate surface area is 118 Å². The van der Waals surface area contributed by atoms with Crippen LogP contribution in [0, 0.1) is 5.92 Å². The van der Waals surface area contributed by atoms with Gasteiger partial charge in [0, 0.05) is 11.7 Å². The van der Waals surface area contributed by atoms with Crippen LogP contribution in [0.25, 0.3) is 0 Å². The summed E-state index contributed by atoms with van der Waals surface area (Å²) in [5, 5.41) is 14.4. The SMILES string of the molecule is CCc1cccc(NC(=O)NC(CC(=O)O)C2CC2)c1. The van der Waals surface area contributed by atoms with Gasteiger partial charge in [-0.3, -0.25) is 4.79 Å². The Morgan fingerprint density at radius 1 is 1.40 bits per heavy atom. The van der Waals surface area contributed by atoms with E-state index in [2.05, 4.69) is 17.6 Å². The highest BCUT2D eigenvalue weighted by atomic mass is 16.4. The van der Waals surface area contributed by atoms with Crippen molar-refractivity contribution in [2.75, 3.05) is 5.32 Å². The third kappa shape index (κ3) is 4.26. The third-order valence-corrected chi connectivity index (χ3v) is 3.50. The predicted molar refractivity (Wildman–Crippen MR) is 76.7 cm³/mol. The number of carbonyl (C=O) groups excluding carboxylic acids is 1. The van der Waals surface area contributed by atoms with Crippen molar-refractivity contribution in [1.82, 2.24) is 5.32 Å². The zero-order valence-electron chi connectivity index (χ0n) is 11.6. The van der Waals surface area contributed by atoms with Gasteiger partial charge in [-0.25, -0.2) is 4.79 Å². The molecule has 3 N–H and O–H groups in total. The number of nitrogens with one attached hydrogen (secondary N) is 2. The van der Waals surface area contributed by atoms with E-state index in [1.54, 1.807) is 0 Å². The fourth-order valence-corrected chi connectivity index (χ4v) is 2.23. The van der Waals surface area contributed by atoms with Gasteiger partial charge in [-0.15, -0.1) is 0 Å². The molecular formula is C15H20N2O3. The number of carboxylic acids is 1. The first-order valence-corrected chi connectivity index (χ1v) is 6.96. The lowest BCUT2D eigenvalue weighted by atomic mass is 10.1. The molecule has 1 aliphatic carbocycles. The van der Waals surface area contributed by atoms with Gasteiger partial charge in [0.25, 0.3) is 0 Å². The second-order valence-electron chi connectivity index (χ2n) is 5.19. The van der Waals surface area contributed by atoms with Crippen LogP contribution < -0.4 is 10.6 Å².